The van der Waals surface area contributed by atoms with Crippen LogP contribution in [0.4, 0.5) is 0 Å². The molecule has 0 radical (unpaired) electrons. The number of aromatic amines is 1. The lowest BCUT2D eigenvalue weighted by Gasteiger charge is -2.18. The predicted molar refractivity (Wildman–Crippen MR) is 120 cm³/mol. The van der Waals surface area contributed by atoms with Gasteiger partial charge >= 0.3 is 0 Å². The van der Waals surface area contributed by atoms with Crippen molar-refractivity contribution in [1.29, 1.82) is 0 Å². The molecule has 1 aliphatic rings. The van der Waals surface area contributed by atoms with E-state index in [1.54, 1.807) is 0 Å². The lowest BCUT2D eigenvalue weighted by molar-refractivity contribution is -0.121. The van der Waals surface area contributed by atoms with Crippen LogP contribution in [0.15, 0.2) is 79.0 Å². The molecule has 5 heteroatoms. The smallest absolute Gasteiger partial charge is 0.231 e. The van der Waals surface area contributed by atoms with E-state index in [0.29, 0.717) is 19.4 Å². The fraction of sp³-hybridized carbons (Fsp3) is 0.192. The molecule has 1 amide bonds. The van der Waals surface area contributed by atoms with Gasteiger partial charge in [0, 0.05) is 36.0 Å². The Morgan fingerprint density at radius 2 is 1.77 bits per heavy atom. The number of amides is 1. The zero-order valence-electron chi connectivity index (χ0n) is 17.1. The van der Waals surface area contributed by atoms with Crippen LogP contribution in [0.2, 0.25) is 0 Å². The highest BCUT2D eigenvalue weighted by atomic mass is 16.7. The van der Waals surface area contributed by atoms with Crippen molar-refractivity contribution in [3.05, 3.63) is 95.7 Å². The predicted octanol–water partition coefficient (Wildman–Crippen LogP) is 4.78. The fourth-order valence-corrected chi connectivity index (χ4v) is 4.13. The zero-order chi connectivity index (χ0) is 21.0. The van der Waals surface area contributed by atoms with Crippen molar-refractivity contribution in [3.63, 3.8) is 0 Å². The lowest BCUT2D eigenvalue weighted by Crippen LogP contribution is -2.29. The van der Waals surface area contributed by atoms with E-state index in [-0.39, 0.29) is 18.6 Å². The number of carbonyl (C=O) groups is 1. The summed E-state index contributed by atoms with van der Waals surface area (Å²) in [4.78, 5) is 16.0. The molecule has 1 unspecified atom stereocenters. The first-order chi connectivity index (χ1) is 15.3. The number of aromatic nitrogens is 1. The first kappa shape index (κ1) is 19.2. The van der Waals surface area contributed by atoms with E-state index in [0.717, 1.165) is 22.6 Å². The number of H-pyrrole nitrogens is 1. The van der Waals surface area contributed by atoms with Gasteiger partial charge in [-0.2, -0.15) is 0 Å². The van der Waals surface area contributed by atoms with Crippen molar-refractivity contribution < 1.29 is 14.3 Å². The number of fused-ring (bicyclic) bond motifs is 2. The van der Waals surface area contributed by atoms with Crippen LogP contribution in [0, 0.1) is 0 Å². The number of ether oxygens (including phenoxy) is 2. The number of nitrogens with one attached hydrogen (secondary N) is 2. The van der Waals surface area contributed by atoms with Crippen LogP contribution in [-0.2, 0) is 11.2 Å². The summed E-state index contributed by atoms with van der Waals surface area (Å²) >= 11 is 0. The molecule has 2 heterocycles. The summed E-state index contributed by atoms with van der Waals surface area (Å²) in [6.07, 6.45) is 3.14. The van der Waals surface area contributed by atoms with Crippen LogP contribution in [0.1, 0.15) is 29.0 Å². The summed E-state index contributed by atoms with van der Waals surface area (Å²) in [5.41, 5.74) is 4.55. The Labute approximate surface area is 181 Å². The van der Waals surface area contributed by atoms with Gasteiger partial charge in [-0.15, -0.1) is 0 Å². The Morgan fingerprint density at radius 1 is 0.968 bits per heavy atom. The van der Waals surface area contributed by atoms with Gasteiger partial charge in [0.2, 0.25) is 12.7 Å². The number of para-hydroxylation sites is 1. The van der Waals surface area contributed by atoms with Gasteiger partial charge < -0.3 is 19.8 Å². The molecule has 0 aliphatic carbocycles. The van der Waals surface area contributed by atoms with E-state index < -0.39 is 0 Å². The van der Waals surface area contributed by atoms with Gasteiger partial charge in [-0.3, -0.25) is 4.79 Å². The number of hydrogen-bond donors (Lipinski definition) is 2. The van der Waals surface area contributed by atoms with Gasteiger partial charge in [0.25, 0.3) is 0 Å². The van der Waals surface area contributed by atoms with Crippen molar-refractivity contribution in [2.75, 3.05) is 13.3 Å². The van der Waals surface area contributed by atoms with Crippen LogP contribution >= 0.6 is 0 Å². The SMILES string of the molecule is O=C(CCc1ccc2c(c1)OCO2)NCC(c1ccccc1)c1c[nH]c2ccccc12. The molecule has 31 heavy (non-hydrogen) atoms. The average molecular weight is 412 g/mol. The van der Waals surface area contributed by atoms with Gasteiger partial charge in [0.15, 0.2) is 11.5 Å². The Balaban J connectivity index is 1.28. The Morgan fingerprint density at radius 3 is 2.68 bits per heavy atom. The summed E-state index contributed by atoms with van der Waals surface area (Å²) in [6, 6.07) is 24.4. The average Bonchev–Trinajstić information content (AvgIpc) is 3.45. The third kappa shape index (κ3) is 4.12. The van der Waals surface area contributed by atoms with Crippen LogP contribution < -0.4 is 14.8 Å². The Hall–Kier alpha value is -3.73. The van der Waals surface area contributed by atoms with Gasteiger partial charge in [-0.25, -0.2) is 0 Å². The second-order valence-corrected chi connectivity index (χ2v) is 7.74. The summed E-state index contributed by atoms with van der Waals surface area (Å²) in [5.74, 6) is 1.63. The van der Waals surface area contributed by atoms with Crippen LogP contribution in [0.3, 0.4) is 0 Å². The maximum atomic E-state index is 12.6. The highest BCUT2D eigenvalue weighted by Crippen LogP contribution is 2.33. The van der Waals surface area contributed by atoms with Crippen molar-refractivity contribution in [2.24, 2.45) is 0 Å². The number of carbonyl (C=O) groups excluding carboxylic acids is 1. The van der Waals surface area contributed by atoms with Gasteiger partial charge in [-0.1, -0.05) is 54.6 Å². The van der Waals surface area contributed by atoms with E-state index in [1.807, 2.05) is 48.5 Å². The molecule has 1 aliphatic heterocycles. The molecule has 0 spiro atoms. The van der Waals surface area contributed by atoms with Crippen molar-refractivity contribution >= 4 is 16.8 Å². The van der Waals surface area contributed by atoms with Gasteiger partial charge in [-0.05, 0) is 41.3 Å². The molecule has 4 aromatic rings. The number of benzene rings is 3. The maximum absolute atomic E-state index is 12.6. The zero-order valence-corrected chi connectivity index (χ0v) is 17.1. The number of rotatable bonds is 7. The molecule has 5 nitrogen and oxygen atoms in total. The van der Waals surface area contributed by atoms with Crippen molar-refractivity contribution in [1.82, 2.24) is 10.3 Å². The molecule has 1 aromatic heterocycles. The largest absolute Gasteiger partial charge is 0.454 e. The maximum Gasteiger partial charge on any atom is 0.231 e. The van der Waals surface area contributed by atoms with Crippen molar-refractivity contribution in [3.8, 4) is 11.5 Å². The normalized spacial score (nSPS) is 13.3. The molecular formula is C26H24N2O3. The first-order valence-electron chi connectivity index (χ1n) is 10.5. The second-order valence-electron chi connectivity index (χ2n) is 7.74. The minimum atomic E-state index is 0.0402. The molecule has 0 bridgehead atoms. The van der Waals surface area contributed by atoms with E-state index in [2.05, 4.69) is 40.8 Å². The number of aryl methyl sites for hydroxylation is 1. The van der Waals surface area contributed by atoms with Crippen LogP contribution in [0.5, 0.6) is 11.5 Å². The summed E-state index contributed by atoms with van der Waals surface area (Å²) < 4.78 is 10.8. The highest BCUT2D eigenvalue weighted by molar-refractivity contribution is 5.84. The summed E-state index contributed by atoms with van der Waals surface area (Å²) in [7, 11) is 0. The first-order valence-corrected chi connectivity index (χ1v) is 10.5. The second kappa shape index (κ2) is 8.56. The molecule has 156 valence electrons. The topological polar surface area (TPSA) is 63.4 Å². The Bertz CT molecular complexity index is 1200. The molecule has 0 saturated carbocycles. The summed E-state index contributed by atoms with van der Waals surface area (Å²) in [5, 5.41) is 4.33. The van der Waals surface area contributed by atoms with Gasteiger partial charge in [0.1, 0.15) is 0 Å². The standard InChI is InChI=1S/C26H24N2O3/c29-26(13-11-18-10-12-24-25(14-18)31-17-30-24)28-15-21(19-6-2-1-3-7-19)22-16-27-23-9-5-4-8-20(22)23/h1-10,12,14,16,21,27H,11,13,15,17H2,(H,28,29). The van der Waals surface area contributed by atoms with Gasteiger partial charge in [0.05, 0.1) is 0 Å². The molecule has 0 fully saturated rings. The van der Waals surface area contributed by atoms with Crippen LogP contribution in [-0.4, -0.2) is 24.2 Å². The van der Waals surface area contributed by atoms with E-state index >= 15 is 0 Å². The van der Waals surface area contributed by atoms with Crippen LogP contribution in [0.25, 0.3) is 10.9 Å². The minimum absolute atomic E-state index is 0.0402. The highest BCUT2D eigenvalue weighted by Gasteiger charge is 2.19. The molecule has 3 aromatic carbocycles. The fourth-order valence-electron chi connectivity index (χ4n) is 4.13. The third-order valence-corrected chi connectivity index (χ3v) is 5.78. The van der Waals surface area contributed by atoms with E-state index in [1.165, 1.54) is 16.5 Å². The molecular weight excluding hydrogens is 388 g/mol. The summed E-state index contributed by atoms with van der Waals surface area (Å²) in [6.45, 7) is 0.805. The van der Waals surface area contributed by atoms with E-state index in [9.17, 15) is 4.79 Å². The molecule has 5 rings (SSSR count). The third-order valence-electron chi connectivity index (χ3n) is 5.78. The van der Waals surface area contributed by atoms with Crippen molar-refractivity contribution in [2.45, 2.75) is 18.8 Å². The molecule has 2 N–H and O–H groups in total. The monoisotopic (exact) mass is 412 g/mol. The minimum Gasteiger partial charge on any atom is -0.454 e. The van der Waals surface area contributed by atoms with E-state index in [4.69, 9.17) is 9.47 Å². The Kier molecular flexibility index (Phi) is 5.31. The molecule has 0 saturated heterocycles. The quantitative estimate of drug-likeness (QED) is 0.459. The lowest BCUT2D eigenvalue weighted by atomic mass is 9.91. The number of hydrogen-bond acceptors (Lipinski definition) is 3. The molecule has 1 atom stereocenters.